The minimum absolute atomic E-state index is 0.0669. The molecule has 0 saturated carbocycles. The first-order valence-electron chi connectivity index (χ1n) is 5.16. The molecule has 2 rings (SSSR count). The summed E-state index contributed by atoms with van der Waals surface area (Å²) < 4.78 is 0. The summed E-state index contributed by atoms with van der Waals surface area (Å²) in [4.78, 5) is 11.0. The minimum Gasteiger partial charge on any atom is -0.480 e. The fourth-order valence-electron chi connectivity index (χ4n) is 2.03. The van der Waals surface area contributed by atoms with Gasteiger partial charge in [-0.25, -0.2) is 0 Å². The van der Waals surface area contributed by atoms with Crippen LogP contribution in [-0.2, 0) is 4.79 Å². The molecule has 3 nitrogen and oxygen atoms in total. The molecule has 0 bridgehead atoms. The van der Waals surface area contributed by atoms with Gasteiger partial charge in [-0.1, -0.05) is 30.3 Å². The molecular weight excluding hydrogens is 224 g/mol. The van der Waals surface area contributed by atoms with Crippen LogP contribution < -0.4 is 0 Å². The lowest BCUT2D eigenvalue weighted by molar-refractivity contribution is -0.140. The molecule has 1 heterocycles. The van der Waals surface area contributed by atoms with Crippen LogP contribution in [0.4, 0.5) is 0 Å². The lowest BCUT2D eigenvalue weighted by Gasteiger charge is -2.20. The highest BCUT2D eigenvalue weighted by molar-refractivity contribution is 8.01. The van der Waals surface area contributed by atoms with E-state index in [0.717, 1.165) is 5.56 Å². The predicted molar refractivity (Wildman–Crippen MR) is 63.4 cm³/mol. The van der Waals surface area contributed by atoms with Crippen LogP contribution in [0.25, 0.3) is 0 Å². The maximum Gasteiger partial charge on any atom is 0.319 e. The number of hydrogen-bond acceptors (Lipinski definition) is 3. The van der Waals surface area contributed by atoms with Gasteiger partial charge in [0.25, 0.3) is 0 Å². The minimum atomic E-state index is -1.13. The predicted octanol–water partition coefficient (Wildman–Crippen LogP) is 2.07. The maximum absolute atomic E-state index is 11.0. The molecule has 0 aliphatic carbocycles. The lowest BCUT2D eigenvalue weighted by Crippen LogP contribution is -2.38. The van der Waals surface area contributed by atoms with Crippen LogP contribution in [0.2, 0.25) is 0 Å². The molecule has 1 fully saturated rings. The van der Waals surface area contributed by atoms with Crippen molar-refractivity contribution < 1.29 is 15.0 Å². The first-order chi connectivity index (χ1) is 7.50. The fourth-order valence-corrected chi connectivity index (χ4v) is 3.61. The van der Waals surface area contributed by atoms with Gasteiger partial charge in [0.1, 0.15) is 5.25 Å². The highest BCUT2D eigenvalue weighted by Crippen LogP contribution is 2.50. The van der Waals surface area contributed by atoms with Crippen molar-refractivity contribution in [1.82, 2.24) is 0 Å². The summed E-state index contributed by atoms with van der Waals surface area (Å²) in [6.45, 7) is 1.60. The molecule has 0 aromatic heterocycles. The van der Waals surface area contributed by atoms with Crippen molar-refractivity contribution in [3.05, 3.63) is 35.9 Å². The zero-order valence-electron chi connectivity index (χ0n) is 8.96. The van der Waals surface area contributed by atoms with Crippen LogP contribution in [0.5, 0.6) is 0 Å². The summed E-state index contributed by atoms with van der Waals surface area (Å²) in [6.07, 6.45) is 0.485. The second-order valence-electron chi connectivity index (χ2n) is 4.31. The molecule has 0 radical (unpaired) electrons. The average molecular weight is 238 g/mol. The number of thioether (sulfide) groups is 1. The standard InChI is InChI=1S/C12H14O3S/c1-12(15)7-9(16-10(12)11(13)14)8-5-3-2-4-6-8/h2-6,9-10,15H,7H2,1H3,(H,13,14)/t9-,10-,12-/m0/s1. The summed E-state index contributed by atoms with van der Waals surface area (Å²) in [7, 11) is 0. The molecule has 16 heavy (non-hydrogen) atoms. The Hall–Kier alpha value is -1.00. The second kappa shape index (κ2) is 4.11. The molecule has 0 unspecified atom stereocenters. The van der Waals surface area contributed by atoms with Gasteiger partial charge in [0, 0.05) is 5.25 Å². The van der Waals surface area contributed by atoms with Crippen molar-refractivity contribution in [1.29, 1.82) is 0 Å². The van der Waals surface area contributed by atoms with E-state index in [1.807, 2.05) is 30.3 Å². The van der Waals surface area contributed by atoms with Gasteiger partial charge in [-0.2, -0.15) is 0 Å². The number of benzene rings is 1. The van der Waals surface area contributed by atoms with Crippen molar-refractivity contribution in [3.63, 3.8) is 0 Å². The topological polar surface area (TPSA) is 57.5 Å². The average Bonchev–Trinajstić information content (AvgIpc) is 2.56. The molecule has 1 aromatic carbocycles. The molecule has 0 amide bonds. The highest BCUT2D eigenvalue weighted by Gasteiger charge is 2.47. The fraction of sp³-hybridized carbons (Fsp3) is 0.417. The Morgan fingerprint density at radius 3 is 2.56 bits per heavy atom. The molecule has 4 heteroatoms. The van der Waals surface area contributed by atoms with Crippen LogP contribution in [0.3, 0.4) is 0 Å². The summed E-state index contributed by atoms with van der Waals surface area (Å²) in [5, 5.41) is 18.4. The second-order valence-corrected chi connectivity index (χ2v) is 5.63. The maximum atomic E-state index is 11.0. The molecule has 1 aliphatic heterocycles. The van der Waals surface area contributed by atoms with Crippen molar-refractivity contribution >= 4 is 17.7 Å². The highest BCUT2D eigenvalue weighted by atomic mass is 32.2. The molecule has 1 saturated heterocycles. The van der Waals surface area contributed by atoms with Crippen LogP contribution in [0, 0.1) is 0 Å². The Morgan fingerprint density at radius 1 is 1.44 bits per heavy atom. The third-order valence-corrected chi connectivity index (χ3v) is 4.61. The summed E-state index contributed by atoms with van der Waals surface area (Å²) in [5.74, 6) is -0.937. The number of carboxylic acids is 1. The molecule has 1 aromatic rings. The molecule has 3 atom stereocenters. The van der Waals surface area contributed by atoms with Gasteiger partial charge in [-0.05, 0) is 18.9 Å². The van der Waals surface area contributed by atoms with Gasteiger partial charge in [0.2, 0.25) is 0 Å². The molecule has 86 valence electrons. The number of aliphatic hydroxyl groups is 1. The third kappa shape index (κ3) is 2.08. The Kier molecular flexibility index (Phi) is 2.95. The van der Waals surface area contributed by atoms with E-state index < -0.39 is 16.8 Å². The van der Waals surface area contributed by atoms with Gasteiger partial charge >= 0.3 is 5.97 Å². The number of carbonyl (C=O) groups is 1. The van der Waals surface area contributed by atoms with E-state index in [1.165, 1.54) is 11.8 Å². The molecule has 0 spiro atoms. The number of rotatable bonds is 2. The van der Waals surface area contributed by atoms with Crippen LogP contribution in [0.15, 0.2) is 30.3 Å². The van der Waals surface area contributed by atoms with Crippen molar-refractivity contribution in [2.75, 3.05) is 0 Å². The lowest BCUT2D eigenvalue weighted by atomic mass is 9.94. The number of carboxylic acid groups (broad SMARTS) is 1. The smallest absolute Gasteiger partial charge is 0.319 e. The van der Waals surface area contributed by atoms with Gasteiger partial charge in [0.05, 0.1) is 5.60 Å². The van der Waals surface area contributed by atoms with E-state index in [2.05, 4.69) is 0 Å². The zero-order chi connectivity index (χ0) is 11.8. The summed E-state index contributed by atoms with van der Waals surface area (Å²) in [5.41, 5.74) is -0.0479. The molecular formula is C12H14O3S. The first kappa shape index (κ1) is 11.5. The third-order valence-electron chi connectivity index (χ3n) is 2.86. The van der Waals surface area contributed by atoms with Crippen molar-refractivity contribution in [3.8, 4) is 0 Å². The van der Waals surface area contributed by atoms with Gasteiger partial charge in [0.15, 0.2) is 0 Å². The SMILES string of the molecule is C[C@]1(O)C[C@@H](c2ccccc2)S[C@H]1C(=O)O. The quantitative estimate of drug-likeness (QED) is 0.828. The van der Waals surface area contributed by atoms with Crippen LogP contribution in [0.1, 0.15) is 24.2 Å². The van der Waals surface area contributed by atoms with Gasteiger partial charge in [-0.15, -0.1) is 11.8 Å². The van der Waals surface area contributed by atoms with Crippen molar-refractivity contribution in [2.45, 2.75) is 29.4 Å². The van der Waals surface area contributed by atoms with E-state index in [0.29, 0.717) is 6.42 Å². The molecule has 2 N–H and O–H groups in total. The Morgan fingerprint density at radius 2 is 2.06 bits per heavy atom. The van der Waals surface area contributed by atoms with Gasteiger partial charge in [-0.3, -0.25) is 4.79 Å². The van der Waals surface area contributed by atoms with Gasteiger partial charge < -0.3 is 10.2 Å². The largest absolute Gasteiger partial charge is 0.480 e. The van der Waals surface area contributed by atoms with E-state index in [-0.39, 0.29) is 5.25 Å². The van der Waals surface area contributed by atoms with Crippen LogP contribution in [-0.4, -0.2) is 27.0 Å². The van der Waals surface area contributed by atoms with E-state index in [9.17, 15) is 9.90 Å². The Balaban J connectivity index is 2.21. The number of hydrogen-bond donors (Lipinski definition) is 2. The monoisotopic (exact) mass is 238 g/mol. The van der Waals surface area contributed by atoms with E-state index in [1.54, 1.807) is 6.92 Å². The van der Waals surface area contributed by atoms with E-state index in [4.69, 9.17) is 5.11 Å². The number of aliphatic carboxylic acids is 1. The zero-order valence-corrected chi connectivity index (χ0v) is 9.78. The summed E-state index contributed by atoms with van der Waals surface area (Å²) in [6, 6.07) is 9.73. The summed E-state index contributed by atoms with van der Waals surface area (Å²) >= 11 is 1.33. The Bertz CT molecular complexity index is 389. The first-order valence-corrected chi connectivity index (χ1v) is 6.10. The van der Waals surface area contributed by atoms with Crippen LogP contribution >= 0.6 is 11.8 Å². The normalized spacial score (nSPS) is 33.9. The Labute approximate surface area is 98.5 Å². The van der Waals surface area contributed by atoms with Crippen molar-refractivity contribution in [2.24, 2.45) is 0 Å². The molecule has 1 aliphatic rings. The van der Waals surface area contributed by atoms with E-state index >= 15 is 0 Å².